The summed E-state index contributed by atoms with van der Waals surface area (Å²) in [6.07, 6.45) is 3.56. The Morgan fingerprint density at radius 2 is 2.14 bits per heavy atom. The highest BCUT2D eigenvalue weighted by molar-refractivity contribution is 6.09. The number of Topliss-reactive ketones (excluding diaryl/α,β-unsaturated/α-hetero) is 1. The van der Waals surface area contributed by atoms with Crippen molar-refractivity contribution in [1.82, 2.24) is 4.98 Å². The van der Waals surface area contributed by atoms with E-state index in [0.717, 1.165) is 0 Å². The lowest BCUT2D eigenvalue weighted by atomic mass is 9.97. The highest BCUT2D eigenvalue weighted by Gasteiger charge is 2.33. The van der Waals surface area contributed by atoms with E-state index in [2.05, 4.69) is 4.98 Å². The summed E-state index contributed by atoms with van der Waals surface area (Å²) in [6, 6.07) is 3.21. The number of ketones is 1. The number of hydrogen-bond donors (Lipinski definition) is 0. The fraction of sp³-hybridized carbons (Fsp3) is 0.300. The summed E-state index contributed by atoms with van der Waals surface area (Å²) >= 11 is 0. The van der Waals surface area contributed by atoms with Gasteiger partial charge in [-0.1, -0.05) is 0 Å². The minimum atomic E-state index is -0.614. The van der Waals surface area contributed by atoms with Gasteiger partial charge in [0, 0.05) is 24.4 Å². The average molecular weight is 191 g/mol. The third-order valence-electron chi connectivity index (χ3n) is 2.22. The Bertz CT molecular complexity index is 361. The highest BCUT2D eigenvalue weighted by atomic mass is 16.5. The third kappa shape index (κ3) is 1.51. The molecule has 2 rings (SSSR count). The number of carbonyl (C=O) groups excluding carboxylic acids is 2. The van der Waals surface area contributed by atoms with E-state index in [1.165, 1.54) is 12.4 Å². The molecule has 14 heavy (non-hydrogen) atoms. The first kappa shape index (κ1) is 8.87. The summed E-state index contributed by atoms with van der Waals surface area (Å²) in [5.74, 6) is -1.20. The number of ether oxygens (including phenoxy) is 1. The van der Waals surface area contributed by atoms with E-state index in [1.807, 2.05) is 0 Å². The lowest BCUT2D eigenvalue weighted by Crippen LogP contribution is -2.19. The van der Waals surface area contributed by atoms with Crippen LogP contribution in [0.15, 0.2) is 24.5 Å². The van der Waals surface area contributed by atoms with Crippen LogP contribution in [0.5, 0.6) is 0 Å². The van der Waals surface area contributed by atoms with E-state index >= 15 is 0 Å². The van der Waals surface area contributed by atoms with Crippen molar-refractivity contribution < 1.29 is 14.3 Å². The summed E-state index contributed by atoms with van der Waals surface area (Å²) in [5, 5.41) is 0. The van der Waals surface area contributed by atoms with Gasteiger partial charge in [-0.3, -0.25) is 14.6 Å². The molecule has 0 unspecified atom stereocenters. The topological polar surface area (TPSA) is 56.3 Å². The quantitative estimate of drug-likeness (QED) is 0.394. The molecule has 1 aromatic heterocycles. The van der Waals surface area contributed by atoms with Gasteiger partial charge in [0.25, 0.3) is 0 Å². The van der Waals surface area contributed by atoms with Crippen LogP contribution in [-0.4, -0.2) is 23.3 Å². The normalized spacial score (nSPS) is 20.6. The van der Waals surface area contributed by atoms with Crippen LogP contribution >= 0.6 is 0 Å². The van der Waals surface area contributed by atoms with Crippen LogP contribution in [0.3, 0.4) is 0 Å². The number of esters is 1. The standard InChI is InChI=1S/C10H9NO3/c12-9(7-1-4-11-5-2-7)8-3-6-14-10(8)13/h1-2,4-5,8H,3,6H2/t8-/m0/s1. The van der Waals surface area contributed by atoms with Gasteiger partial charge >= 0.3 is 5.97 Å². The minimum absolute atomic E-state index is 0.171. The molecule has 1 aliphatic heterocycles. The van der Waals surface area contributed by atoms with Gasteiger partial charge < -0.3 is 4.74 Å². The Labute approximate surface area is 80.9 Å². The molecule has 0 amide bonds. The van der Waals surface area contributed by atoms with Crippen molar-refractivity contribution in [2.24, 2.45) is 5.92 Å². The average Bonchev–Trinajstić information content (AvgIpc) is 2.65. The van der Waals surface area contributed by atoms with Gasteiger partial charge in [-0.05, 0) is 12.1 Å². The molecule has 1 fully saturated rings. The van der Waals surface area contributed by atoms with E-state index in [4.69, 9.17) is 4.74 Å². The SMILES string of the molecule is O=C1OCC[C@H]1C(=O)c1ccncc1. The van der Waals surface area contributed by atoms with Crippen molar-refractivity contribution in [2.45, 2.75) is 6.42 Å². The molecule has 0 radical (unpaired) electrons. The molecule has 72 valence electrons. The van der Waals surface area contributed by atoms with Crippen LogP contribution in [0.1, 0.15) is 16.8 Å². The van der Waals surface area contributed by atoms with Crippen molar-refractivity contribution in [3.8, 4) is 0 Å². The summed E-state index contributed by atoms with van der Waals surface area (Å²) < 4.78 is 4.73. The number of hydrogen-bond acceptors (Lipinski definition) is 4. The molecule has 0 spiro atoms. The van der Waals surface area contributed by atoms with Crippen molar-refractivity contribution >= 4 is 11.8 Å². The molecule has 2 heterocycles. The second-order valence-electron chi connectivity index (χ2n) is 3.11. The fourth-order valence-electron chi connectivity index (χ4n) is 1.45. The van der Waals surface area contributed by atoms with Crippen LogP contribution in [0.4, 0.5) is 0 Å². The number of cyclic esters (lactones) is 1. The molecular formula is C10H9NO3. The largest absolute Gasteiger partial charge is 0.465 e. The van der Waals surface area contributed by atoms with Crippen LogP contribution in [-0.2, 0) is 9.53 Å². The van der Waals surface area contributed by atoms with Gasteiger partial charge in [0.2, 0.25) is 0 Å². The molecule has 0 aromatic carbocycles. The van der Waals surface area contributed by atoms with Crippen molar-refractivity contribution in [1.29, 1.82) is 0 Å². The van der Waals surface area contributed by atoms with Crippen LogP contribution in [0.2, 0.25) is 0 Å². The fourth-order valence-corrected chi connectivity index (χ4v) is 1.45. The molecule has 0 N–H and O–H groups in total. The van der Waals surface area contributed by atoms with Gasteiger partial charge in [0.1, 0.15) is 5.92 Å². The zero-order valence-electron chi connectivity index (χ0n) is 7.47. The first-order valence-electron chi connectivity index (χ1n) is 4.40. The molecule has 0 saturated carbocycles. The highest BCUT2D eigenvalue weighted by Crippen LogP contribution is 2.19. The zero-order chi connectivity index (χ0) is 9.97. The number of aromatic nitrogens is 1. The number of nitrogens with zero attached hydrogens (tertiary/aromatic N) is 1. The van der Waals surface area contributed by atoms with Crippen molar-refractivity contribution in [3.05, 3.63) is 30.1 Å². The Morgan fingerprint density at radius 1 is 1.43 bits per heavy atom. The number of rotatable bonds is 2. The molecule has 1 saturated heterocycles. The van der Waals surface area contributed by atoms with E-state index in [1.54, 1.807) is 12.1 Å². The van der Waals surface area contributed by atoms with Crippen molar-refractivity contribution in [3.63, 3.8) is 0 Å². The Morgan fingerprint density at radius 3 is 2.71 bits per heavy atom. The zero-order valence-corrected chi connectivity index (χ0v) is 7.47. The molecule has 1 aliphatic rings. The molecule has 0 bridgehead atoms. The van der Waals surface area contributed by atoms with Gasteiger partial charge in [-0.2, -0.15) is 0 Å². The molecule has 0 aliphatic carbocycles. The maximum Gasteiger partial charge on any atom is 0.316 e. The molecular weight excluding hydrogens is 182 g/mol. The van der Waals surface area contributed by atoms with Crippen LogP contribution in [0, 0.1) is 5.92 Å². The first-order valence-corrected chi connectivity index (χ1v) is 4.40. The summed E-state index contributed by atoms with van der Waals surface area (Å²) in [4.78, 5) is 26.7. The second-order valence-corrected chi connectivity index (χ2v) is 3.11. The van der Waals surface area contributed by atoms with Gasteiger partial charge in [0.05, 0.1) is 6.61 Å². The lowest BCUT2D eigenvalue weighted by Gasteiger charge is -2.03. The number of carbonyl (C=O) groups is 2. The Hall–Kier alpha value is -1.71. The predicted octanol–water partition coefficient (Wildman–Crippen LogP) is 0.827. The van der Waals surface area contributed by atoms with Gasteiger partial charge in [0.15, 0.2) is 5.78 Å². The molecule has 1 atom stereocenters. The monoisotopic (exact) mass is 191 g/mol. The molecule has 4 heteroatoms. The Balaban J connectivity index is 2.20. The summed E-state index contributed by atoms with van der Waals surface area (Å²) in [6.45, 7) is 0.348. The van der Waals surface area contributed by atoms with E-state index in [-0.39, 0.29) is 5.78 Å². The number of pyridine rings is 1. The van der Waals surface area contributed by atoms with Gasteiger partial charge in [-0.25, -0.2) is 0 Å². The predicted molar refractivity (Wildman–Crippen MR) is 47.6 cm³/mol. The third-order valence-corrected chi connectivity index (χ3v) is 2.22. The Kier molecular flexibility index (Phi) is 2.26. The summed E-state index contributed by atoms with van der Waals surface area (Å²) in [5.41, 5.74) is 0.517. The maximum absolute atomic E-state index is 11.7. The molecule has 4 nitrogen and oxygen atoms in total. The van der Waals surface area contributed by atoms with E-state index in [9.17, 15) is 9.59 Å². The van der Waals surface area contributed by atoms with E-state index < -0.39 is 11.9 Å². The lowest BCUT2D eigenvalue weighted by molar-refractivity contribution is -0.140. The van der Waals surface area contributed by atoms with Crippen LogP contribution < -0.4 is 0 Å². The maximum atomic E-state index is 11.7. The van der Waals surface area contributed by atoms with E-state index in [0.29, 0.717) is 18.6 Å². The smallest absolute Gasteiger partial charge is 0.316 e. The first-order chi connectivity index (χ1) is 6.79. The van der Waals surface area contributed by atoms with Crippen LogP contribution in [0.25, 0.3) is 0 Å². The van der Waals surface area contributed by atoms with Crippen molar-refractivity contribution in [2.75, 3.05) is 6.61 Å². The molecule has 1 aromatic rings. The van der Waals surface area contributed by atoms with Gasteiger partial charge in [-0.15, -0.1) is 0 Å². The summed E-state index contributed by atoms with van der Waals surface area (Å²) in [7, 11) is 0. The minimum Gasteiger partial charge on any atom is -0.465 e. The second kappa shape index (κ2) is 3.57.